The van der Waals surface area contributed by atoms with Crippen LogP contribution in [0.25, 0.3) is 0 Å². The van der Waals surface area contributed by atoms with Gasteiger partial charge in [0, 0.05) is 22.2 Å². The van der Waals surface area contributed by atoms with Crippen molar-refractivity contribution in [1.82, 2.24) is 0 Å². The van der Waals surface area contributed by atoms with Crippen molar-refractivity contribution < 1.29 is 4.74 Å². The highest BCUT2D eigenvalue weighted by atomic mass is 79.9. The highest BCUT2D eigenvalue weighted by Crippen LogP contribution is 2.14. The van der Waals surface area contributed by atoms with Crippen molar-refractivity contribution in [1.29, 1.82) is 0 Å². The minimum absolute atomic E-state index is 0.844. The van der Waals surface area contributed by atoms with Crippen LogP contribution < -0.4 is 0 Å². The molecular weight excluding hydrogens is 296 g/mol. The Morgan fingerprint density at radius 3 is 1.38 bits per heavy atom. The maximum atomic E-state index is 4.83. The second kappa shape index (κ2) is 8.73. The van der Waals surface area contributed by atoms with Crippen molar-refractivity contribution in [3.8, 4) is 0 Å². The standard InChI is InChI=1S/C6H4Br2.C4H10O/c7-5-1-2-6(8)4-3-5;1-3-5-4-2/h1-4H;3-4H2,1-2H3. The molecule has 0 heterocycles. The fraction of sp³-hybridized carbons (Fsp3) is 0.400. The van der Waals surface area contributed by atoms with Gasteiger partial charge in [0.1, 0.15) is 0 Å². The average molecular weight is 310 g/mol. The molecule has 0 aliphatic carbocycles. The average Bonchev–Trinajstić information content (AvgIpc) is 2.13. The fourth-order valence-electron chi connectivity index (χ4n) is 0.634. The van der Waals surface area contributed by atoms with Crippen LogP contribution >= 0.6 is 31.9 Å². The van der Waals surface area contributed by atoms with E-state index >= 15 is 0 Å². The molecule has 1 aromatic rings. The molecule has 0 saturated heterocycles. The van der Waals surface area contributed by atoms with Crippen molar-refractivity contribution in [2.45, 2.75) is 13.8 Å². The second-order valence-electron chi connectivity index (χ2n) is 2.22. The van der Waals surface area contributed by atoms with Crippen LogP contribution in [-0.2, 0) is 4.74 Å². The molecule has 0 aliphatic rings. The van der Waals surface area contributed by atoms with Crippen LogP contribution in [0, 0.1) is 0 Å². The summed E-state index contributed by atoms with van der Waals surface area (Å²) >= 11 is 6.65. The molecule has 0 aromatic heterocycles. The van der Waals surface area contributed by atoms with Gasteiger partial charge >= 0.3 is 0 Å². The number of halogens is 2. The first-order chi connectivity index (χ1) is 6.20. The summed E-state index contributed by atoms with van der Waals surface area (Å²) in [6.07, 6.45) is 0. The third-order valence-corrected chi connectivity index (χ3v) is 2.27. The van der Waals surface area contributed by atoms with Gasteiger partial charge in [0.25, 0.3) is 0 Å². The summed E-state index contributed by atoms with van der Waals surface area (Å²) in [6.45, 7) is 5.67. The quantitative estimate of drug-likeness (QED) is 0.793. The highest BCUT2D eigenvalue weighted by molar-refractivity contribution is 9.11. The third-order valence-electron chi connectivity index (χ3n) is 1.21. The van der Waals surface area contributed by atoms with E-state index in [0.717, 1.165) is 22.2 Å². The number of hydrogen-bond acceptors (Lipinski definition) is 1. The van der Waals surface area contributed by atoms with Crippen LogP contribution in [0.3, 0.4) is 0 Å². The number of rotatable bonds is 2. The van der Waals surface area contributed by atoms with Gasteiger partial charge in [-0.1, -0.05) is 31.9 Å². The third kappa shape index (κ3) is 8.47. The molecule has 0 bridgehead atoms. The molecule has 0 radical (unpaired) electrons. The van der Waals surface area contributed by atoms with Gasteiger partial charge in [0.2, 0.25) is 0 Å². The Hall–Kier alpha value is 0.140. The van der Waals surface area contributed by atoms with Crippen LogP contribution in [0.2, 0.25) is 0 Å². The lowest BCUT2D eigenvalue weighted by atomic mass is 10.4. The molecule has 1 aromatic carbocycles. The lowest BCUT2D eigenvalue weighted by Crippen LogP contribution is -1.84. The van der Waals surface area contributed by atoms with E-state index in [-0.39, 0.29) is 0 Å². The largest absolute Gasteiger partial charge is 0.382 e. The Morgan fingerprint density at radius 2 is 1.23 bits per heavy atom. The molecule has 1 rings (SSSR count). The van der Waals surface area contributed by atoms with E-state index in [1.54, 1.807) is 0 Å². The summed E-state index contributed by atoms with van der Waals surface area (Å²) in [5.74, 6) is 0. The van der Waals surface area contributed by atoms with Crippen molar-refractivity contribution in [2.24, 2.45) is 0 Å². The Bertz CT molecular complexity index is 186. The molecule has 74 valence electrons. The maximum absolute atomic E-state index is 4.83. The zero-order valence-electron chi connectivity index (χ0n) is 7.89. The predicted molar refractivity (Wildman–Crippen MR) is 64.0 cm³/mol. The second-order valence-corrected chi connectivity index (χ2v) is 4.05. The Morgan fingerprint density at radius 1 is 0.923 bits per heavy atom. The molecule has 0 amide bonds. The van der Waals surface area contributed by atoms with Gasteiger partial charge in [-0.05, 0) is 38.1 Å². The van der Waals surface area contributed by atoms with Crippen molar-refractivity contribution in [2.75, 3.05) is 13.2 Å². The zero-order valence-corrected chi connectivity index (χ0v) is 11.1. The van der Waals surface area contributed by atoms with E-state index in [1.807, 2.05) is 38.1 Å². The van der Waals surface area contributed by atoms with E-state index < -0.39 is 0 Å². The molecule has 13 heavy (non-hydrogen) atoms. The van der Waals surface area contributed by atoms with E-state index in [4.69, 9.17) is 4.74 Å². The van der Waals surface area contributed by atoms with Gasteiger partial charge < -0.3 is 4.74 Å². The molecule has 0 saturated carbocycles. The Labute approximate surface area is 96.7 Å². The van der Waals surface area contributed by atoms with Crippen LogP contribution in [0.15, 0.2) is 33.2 Å². The summed E-state index contributed by atoms with van der Waals surface area (Å²) in [4.78, 5) is 0. The van der Waals surface area contributed by atoms with Gasteiger partial charge in [-0.25, -0.2) is 0 Å². The van der Waals surface area contributed by atoms with E-state index in [9.17, 15) is 0 Å². The van der Waals surface area contributed by atoms with Crippen LogP contribution in [0.5, 0.6) is 0 Å². The highest BCUT2D eigenvalue weighted by Gasteiger charge is 1.83. The number of benzene rings is 1. The first-order valence-corrected chi connectivity index (χ1v) is 5.78. The maximum Gasteiger partial charge on any atom is 0.0437 e. The number of ether oxygens (including phenoxy) is 1. The number of hydrogen-bond donors (Lipinski definition) is 0. The minimum atomic E-state index is 0.844. The normalized spacial score (nSPS) is 8.92. The summed E-state index contributed by atoms with van der Waals surface area (Å²) in [6, 6.07) is 7.96. The van der Waals surface area contributed by atoms with Crippen LogP contribution in [0.1, 0.15) is 13.8 Å². The van der Waals surface area contributed by atoms with Crippen molar-refractivity contribution in [3.05, 3.63) is 33.2 Å². The predicted octanol–water partition coefficient (Wildman–Crippen LogP) is 4.25. The lowest BCUT2D eigenvalue weighted by Gasteiger charge is -1.86. The van der Waals surface area contributed by atoms with Gasteiger partial charge in [0.05, 0.1) is 0 Å². The first kappa shape index (κ1) is 13.1. The fourth-order valence-corrected chi connectivity index (χ4v) is 1.16. The molecule has 1 nitrogen and oxygen atoms in total. The van der Waals surface area contributed by atoms with E-state index in [0.29, 0.717) is 0 Å². The molecule has 0 spiro atoms. The van der Waals surface area contributed by atoms with Gasteiger partial charge in [-0.15, -0.1) is 0 Å². The zero-order chi connectivity index (χ0) is 10.1. The summed E-state index contributed by atoms with van der Waals surface area (Å²) in [5.41, 5.74) is 0. The van der Waals surface area contributed by atoms with Crippen molar-refractivity contribution >= 4 is 31.9 Å². The van der Waals surface area contributed by atoms with Crippen LogP contribution in [0.4, 0.5) is 0 Å². The van der Waals surface area contributed by atoms with Gasteiger partial charge in [-0.3, -0.25) is 0 Å². The van der Waals surface area contributed by atoms with Gasteiger partial charge in [0.15, 0.2) is 0 Å². The van der Waals surface area contributed by atoms with E-state index in [2.05, 4.69) is 31.9 Å². The molecule has 0 unspecified atom stereocenters. The SMILES string of the molecule is Brc1ccc(Br)cc1.CCOCC. The van der Waals surface area contributed by atoms with E-state index in [1.165, 1.54) is 0 Å². The lowest BCUT2D eigenvalue weighted by molar-refractivity contribution is 0.162. The van der Waals surface area contributed by atoms with Gasteiger partial charge in [-0.2, -0.15) is 0 Å². The Kier molecular flexibility index (Phi) is 8.82. The van der Waals surface area contributed by atoms with Crippen LogP contribution in [-0.4, -0.2) is 13.2 Å². The molecule has 0 atom stereocenters. The van der Waals surface area contributed by atoms with Crippen molar-refractivity contribution in [3.63, 3.8) is 0 Å². The molecular formula is C10H14Br2O. The molecule has 3 heteroatoms. The first-order valence-electron chi connectivity index (χ1n) is 4.19. The topological polar surface area (TPSA) is 9.23 Å². The summed E-state index contributed by atoms with van der Waals surface area (Å²) in [7, 11) is 0. The molecule has 0 N–H and O–H groups in total. The Balaban J connectivity index is 0.000000252. The molecule has 0 fully saturated rings. The summed E-state index contributed by atoms with van der Waals surface area (Å²) < 4.78 is 7.06. The smallest absolute Gasteiger partial charge is 0.0437 e. The summed E-state index contributed by atoms with van der Waals surface area (Å²) in [5, 5.41) is 0. The minimum Gasteiger partial charge on any atom is -0.382 e. The molecule has 0 aliphatic heterocycles. The monoisotopic (exact) mass is 308 g/mol.